The fourth-order valence-electron chi connectivity index (χ4n) is 3.43. The van der Waals surface area contributed by atoms with Crippen LogP contribution >= 0.6 is 0 Å². The molecular weight excluding hydrogens is 395 g/mol. The Morgan fingerprint density at radius 1 is 1.03 bits per heavy atom. The predicted molar refractivity (Wildman–Crippen MR) is 106 cm³/mol. The van der Waals surface area contributed by atoms with E-state index >= 15 is 0 Å². The molecule has 0 radical (unpaired) electrons. The number of alkyl halides is 3. The molecule has 2 aromatic heterocycles. The second-order valence-electron chi connectivity index (χ2n) is 6.97. The summed E-state index contributed by atoms with van der Waals surface area (Å²) in [5.74, 6) is 0.140. The maximum atomic E-state index is 12.7. The lowest BCUT2D eigenvalue weighted by Crippen LogP contribution is -2.26. The lowest BCUT2D eigenvalue weighted by atomic mass is 10.1. The Hall–Kier alpha value is -3.42. The number of ether oxygens (including phenoxy) is 1. The summed E-state index contributed by atoms with van der Waals surface area (Å²) in [6.45, 7) is 1.11. The third-order valence-corrected chi connectivity index (χ3v) is 4.95. The fraction of sp³-hybridized carbons (Fsp3) is 0.227. The molecular formula is C22H18F3N3O2. The van der Waals surface area contributed by atoms with Crippen LogP contribution in [0, 0.1) is 0 Å². The molecule has 154 valence electrons. The zero-order valence-electron chi connectivity index (χ0n) is 15.8. The first-order valence-electron chi connectivity index (χ1n) is 9.39. The molecule has 3 heterocycles. The number of rotatable bonds is 5. The Morgan fingerprint density at radius 3 is 2.50 bits per heavy atom. The topological polar surface area (TPSA) is 55.3 Å². The summed E-state index contributed by atoms with van der Waals surface area (Å²) in [4.78, 5) is 21.5. The van der Waals surface area contributed by atoms with E-state index in [9.17, 15) is 18.0 Å². The Labute approximate surface area is 171 Å². The van der Waals surface area contributed by atoms with Gasteiger partial charge in [0.1, 0.15) is 11.8 Å². The predicted octanol–water partition coefficient (Wildman–Crippen LogP) is 4.63. The number of hydrogen-bond acceptors (Lipinski definition) is 5. The van der Waals surface area contributed by atoms with E-state index in [1.165, 1.54) is 6.07 Å². The third kappa shape index (κ3) is 4.27. The van der Waals surface area contributed by atoms with Gasteiger partial charge in [-0.15, -0.1) is 0 Å². The van der Waals surface area contributed by atoms with Gasteiger partial charge in [-0.2, -0.15) is 13.2 Å². The standard InChI is InChI=1S/C22H18F3N3O2/c23-22(24,25)17-6-7-21(27-12-17)30-18-8-9-28(13-18)20-10-16(11-26-19(20)14-29)15-4-2-1-3-5-15/h1-7,10-12,14,18H,8-9,13H2. The summed E-state index contributed by atoms with van der Waals surface area (Å²) in [7, 11) is 0. The zero-order chi connectivity index (χ0) is 21.1. The number of pyridine rings is 2. The van der Waals surface area contributed by atoms with Crippen molar-refractivity contribution in [1.82, 2.24) is 9.97 Å². The van der Waals surface area contributed by atoms with Crippen molar-refractivity contribution in [3.63, 3.8) is 0 Å². The number of aromatic nitrogens is 2. The Balaban J connectivity index is 1.49. The largest absolute Gasteiger partial charge is 0.472 e. The van der Waals surface area contributed by atoms with Gasteiger partial charge in [-0.1, -0.05) is 30.3 Å². The summed E-state index contributed by atoms with van der Waals surface area (Å²) in [5.41, 5.74) is 2.11. The molecule has 5 nitrogen and oxygen atoms in total. The molecule has 1 unspecified atom stereocenters. The van der Waals surface area contributed by atoms with Crippen molar-refractivity contribution < 1.29 is 22.7 Å². The molecule has 0 bridgehead atoms. The Kier molecular flexibility index (Phi) is 5.39. The van der Waals surface area contributed by atoms with Gasteiger partial charge in [0.15, 0.2) is 6.29 Å². The van der Waals surface area contributed by atoms with Crippen molar-refractivity contribution in [3.05, 3.63) is 72.2 Å². The molecule has 0 saturated carbocycles. The first kappa shape index (κ1) is 19.9. The number of nitrogens with zero attached hydrogens (tertiary/aromatic N) is 3. The molecule has 0 amide bonds. The second-order valence-corrected chi connectivity index (χ2v) is 6.97. The molecule has 0 spiro atoms. The van der Waals surface area contributed by atoms with E-state index in [1.54, 1.807) is 6.20 Å². The highest BCUT2D eigenvalue weighted by atomic mass is 19.4. The van der Waals surface area contributed by atoms with E-state index in [0.29, 0.717) is 30.9 Å². The van der Waals surface area contributed by atoms with Crippen molar-refractivity contribution in [2.75, 3.05) is 18.0 Å². The minimum absolute atomic E-state index is 0.140. The lowest BCUT2D eigenvalue weighted by molar-refractivity contribution is -0.137. The van der Waals surface area contributed by atoms with Crippen molar-refractivity contribution in [2.24, 2.45) is 0 Å². The molecule has 1 aromatic carbocycles. The van der Waals surface area contributed by atoms with Gasteiger partial charge in [-0.3, -0.25) is 9.78 Å². The highest BCUT2D eigenvalue weighted by molar-refractivity contribution is 5.84. The number of carbonyl (C=O) groups excluding carboxylic acids is 1. The van der Waals surface area contributed by atoms with Gasteiger partial charge in [0.25, 0.3) is 0 Å². The van der Waals surface area contributed by atoms with Gasteiger partial charge in [-0.25, -0.2) is 4.98 Å². The molecule has 4 rings (SSSR count). The number of benzene rings is 1. The fourth-order valence-corrected chi connectivity index (χ4v) is 3.43. The van der Waals surface area contributed by atoms with Gasteiger partial charge in [0.05, 0.1) is 17.8 Å². The Bertz CT molecular complexity index is 1020. The van der Waals surface area contributed by atoms with Crippen LogP contribution in [0.2, 0.25) is 0 Å². The van der Waals surface area contributed by atoms with Crippen LogP contribution in [0.15, 0.2) is 60.9 Å². The molecule has 3 aromatic rings. The smallest absolute Gasteiger partial charge is 0.417 e. The van der Waals surface area contributed by atoms with E-state index in [1.807, 2.05) is 41.3 Å². The summed E-state index contributed by atoms with van der Waals surface area (Å²) >= 11 is 0. The Morgan fingerprint density at radius 2 is 1.83 bits per heavy atom. The normalized spacial score (nSPS) is 16.5. The molecule has 8 heteroatoms. The molecule has 1 aliphatic heterocycles. The van der Waals surface area contributed by atoms with Gasteiger partial charge in [-0.05, 0) is 17.7 Å². The lowest BCUT2D eigenvalue weighted by Gasteiger charge is -2.21. The number of aldehydes is 1. The van der Waals surface area contributed by atoms with Crippen LogP contribution in [0.1, 0.15) is 22.5 Å². The number of halogens is 3. The van der Waals surface area contributed by atoms with Crippen molar-refractivity contribution in [3.8, 4) is 17.0 Å². The summed E-state index contributed by atoms with van der Waals surface area (Å²) in [6, 6.07) is 13.8. The SMILES string of the molecule is O=Cc1ncc(-c2ccccc2)cc1N1CCC(Oc2ccc(C(F)(F)F)cn2)C1. The quantitative estimate of drug-likeness (QED) is 0.571. The van der Waals surface area contributed by atoms with Gasteiger partial charge >= 0.3 is 6.18 Å². The average molecular weight is 413 g/mol. The monoisotopic (exact) mass is 413 g/mol. The van der Waals surface area contributed by atoms with Crippen LogP contribution in [0.25, 0.3) is 11.1 Å². The highest BCUT2D eigenvalue weighted by Gasteiger charge is 2.31. The van der Waals surface area contributed by atoms with E-state index < -0.39 is 11.7 Å². The number of hydrogen-bond donors (Lipinski definition) is 0. The average Bonchev–Trinajstić information content (AvgIpc) is 3.22. The highest BCUT2D eigenvalue weighted by Crippen LogP contribution is 2.31. The van der Waals surface area contributed by atoms with Gasteiger partial charge in [0, 0.05) is 37.0 Å². The number of carbonyl (C=O) groups is 1. The van der Waals surface area contributed by atoms with E-state index in [-0.39, 0.29) is 12.0 Å². The first-order valence-corrected chi connectivity index (χ1v) is 9.39. The van der Waals surface area contributed by atoms with Crippen LogP contribution in [0.3, 0.4) is 0 Å². The minimum atomic E-state index is -4.43. The van der Waals surface area contributed by atoms with Crippen LogP contribution in [0.5, 0.6) is 5.88 Å². The van der Waals surface area contributed by atoms with Gasteiger partial charge in [0.2, 0.25) is 5.88 Å². The van der Waals surface area contributed by atoms with Crippen molar-refractivity contribution in [2.45, 2.75) is 18.7 Å². The molecule has 0 aliphatic carbocycles. The molecule has 1 saturated heterocycles. The zero-order valence-corrected chi connectivity index (χ0v) is 15.8. The second kappa shape index (κ2) is 8.14. The van der Waals surface area contributed by atoms with Gasteiger partial charge < -0.3 is 9.64 Å². The minimum Gasteiger partial charge on any atom is -0.472 e. The molecule has 1 fully saturated rings. The summed E-state index contributed by atoms with van der Waals surface area (Å²) < 4.78 is 43.8. The maximum absolute atomic E-state index is 12.7. The first-order chi connectivity index (χ1) is 14.4. The van der Waals surface area contributed by atoms with E-state index in [4.69, 9.17) is 4.74 Å². The maximum Gasteiger partial charge on any atom is 0.417 e. The van der Waals surface area contributed by atoms with Crippen LogP contribution in [-0.4, -0.2) is 35.4 Å². The molecule has 30 heavy (non-hydrogen) atoms. The third-order valence-electron chi connectivity index (χ3n) is 4.95. The van der Waals surface area contributed by atoms with Crippen molar-refractivity contribution in [1.29, 1.82) is 0 Å². The molecule has 1 aliphatic rings. The molecule has 1 atom stereocenters. The number of anilines is 1. The summed E-state index contributed by atoms with van der Waals surface area (Å²) in [5, 5.41) is 0. The van der Waals surface area contributed by atoms with Crippen LogP contribution in [-0.2, 0) is 6.18 Å². The van der Waals surface area contributed by atoms with Crippen LogP contribution in [0.4, 0.5) is 18.9 Å². The van der Waals surface area contributed by atoms with Crippen molar-refractivity contribution >= 4 is 12.0 Å². The van der Waals surface area contributed by atoms with E-state index in [0.717, 1.165) is 29.7 Å². The van der Waals surface area contributed by atoms with Crippen LogP contribution < -0.4 is 9.64 Å². The van der Waals surface area contributed by atoms with E-state index in [2.05, 4.69) is 9.97 Å². The summed E-state index contributed by atoms with van der Waals surface area (Å²) in [6.07, 6.45) is -0.892. The molecule has 0 N–H and O–H groups in total.